The first-order valence-electron chi connectivity index (χ1n) is 7.01. The molecule has 1 aliphatic heterocycles. The van der Waals surface area contributed by atoms with Gasteiger partial charge in [0, 0.05) is 25.2 Å². The Morgan fingerprint density at radius 2 is 2.30 bits per heavy atom. The number of likely N-dealkylation sites (tertiary alicyclic amines) is 1. The molecule has 0 aliphatic carbocycles. The van der Waals surface area contributed by atoms with Crippen molar-refractivity contribution >= 4 is 21.8 Å². The average molecular weight is 341 g/mol. The maximum atomic E-state index is 12.4. The lowest BCUT2D eigenvalue weighted by Crippen LogP contribution is -2.41. The van der Waals surface area contributed by atoms with Gasteiger partial charge >= 0.3 is 0 Å². The number of hydrogen-bond donors (Lipinski definition) is 1. The van der Waals surface area contributed by atoms with Crippen LogP contribution in [-0.2, 0) is 0 Å². The standard InChI is InChI=1S/C15H21BrN2O2/c1-3-18-8-4-5-12(18)10-17(2)15(20)11-6-7-13(16)14(19)9-11/h6-7,9,12,19H,3-5,8,10H2,1-2H3. The highest BCUT2D eigenvalue weighted by atomic mass is 79.9. The number of phenolic OH excluding ortho intramolecular Hbond substituents is 1. The van der Waals surface area contributed by atoms with Crippen LogP contribution in [0.5, 0.6) is 5.75 Å². The number of aromatic hydroxyl groups is 1. The Kier molecular flexibility index (Phi) is 5.05. The second kappa shape index (κ2) is 6.59. The number of benzene rings is 1. The van der Waals surface area contributed by atoms with Gasteiger partial charge in [0.1, 0.15) is 5.75 Å². The van der Waals surface area contributed by atoms with Crippen LogP contribution >= 0.6 is 15.9 Å². The van der Waals surface area contributed by atoms with Gasteiger partial charge in [-0.05, 0) is 60.1 Å². The van der Waals surface area contributed by atoms with Gasteiger partial charge in [0.15, 0.2) is 0 Å². The number of halogens is 1. The van der Waals surface area contributed by atoms with Crippen LogP contribution in [0, 0.1) is 0 Å². The van der Waals surface area contributed by atoms with Gasteiger partial charge < -0.3 is 10.0 Å². The first kappa shape index (κ1) is 15.3. The smallest absolute Gasteiger partial charge is 0.253 e. The van der Waals surface area contributed by atoms with Crippen molar-refractivity contribution in [1.82, 2.24) is 9.80 Å². The van der Waals surface area contributed by atoms with Gasteiger partial charge in [-0.1, -0.05) is 6.92 Å². The first-order valence-corrected chi connectivity index (χ1v) is 7.80. The fourth-order valence-corrected chi connectivity index (χ4v) is 3.03. The molecule has 1 heterocycles. The number of nitrogens with zero attached hydrogens (tertiary/aromatic N) is 2. The first-order chi connectivity index (χ1) is 9.52. The molecule has 1 atom stereocenters. The zero-order valence-corrected chi connectivity index (χ0v) is 13.6. The van der Waals surface area contributed by atoms with Gasteiger partial charge in [-0.25, -0.2) is 0 Å². The van der Waals surface area contributed by atoms with Crippen molar-refractivity contribution in [3.63, 3.8) is 0 Å². The molecule has 5 heteroatoms. The lowest BCUT2D eigenvalue weighted by molar-refractivity contribution is 0.0754. The average Bonchev–Trinajstić information content (AvgIpc) is 2.88. The number of carbonyl (C=O) groups is 1. The summed E-state index contributed by atoms with van der Waals surface area (Å²) in [7, 11) is 1.83. The molecular weight excluding hydrogens is 320 g/mol. The SMILES string of the molecule is CCN1CCCC1CN(C)C(=O)c1ccc(Br)c(O)c1. The van der Waals surface area contributed by atoms with E-state index in [-0.39, 0.29) is 11.7 Å². The van der Waals surface area contributed by atoms with Crippen molar-refractivity contribution in [2.75, 3.05) is 26.7 Å². The lowest BCUT2D eigenvalue weighted by Gasteiger charge is -2.27. The molecule has 0 aromatic heterocycles. The molecule has 1 N–H and O–H groups in total. The van der Waals surface area contributed by atoms with Crippen LogP contribution in [0.3, 0.4) is 0 Å². The third kappa shape index (κ3) is 3.33. The van der Waals surface area contributed by atoms with E-state index in [0.29, 0.717) is 16.1 Å². The molecule has 4 nitrogen and oxygen atoms in total. The molecule has 0 bridgehead atoms. The van der Waals surface area contributed by atoms with Gasteiger partial charge in [0.2, 0.25) is 0 Å². The van der Waals surface area contributed by atoms with Crippen molar-refractivity contribution in [3.8, 4) is 5.75 Å². The molecule has 1 saturated heterocycles. The zero-order chi connectivity index (χ0) is 14.7. The van der Waals surface area contributed by atoms with E-state index in [1.165, 1.54) is 12.5 Å². The van der Waals surface area contributed by atoms with Crippen LogP contribution < -0.4 is 0 Å². The quantitative estimate of drug-likeness (QED) is 0.916. The molecule has 1 aromatic carbocycles. The summed E-state index contributed by atoms with van der Waals surface area (Å²) in [5, 5.41) is 9.67. The van der Waals surface area contributed by atoms with Crippen LogP contribution in [0.25, 0.3) is 0 Å². The molecule has 1 aliphatic rings. The fourth-order valence-electron chi connectivity index (χ4n) is 2.78. The number of carbonyl (C=O) groups excluding carboxylic acids is 1. The summed E-state index contributed by atoms with van der Waals surface area (Å²) in [6.45, 7) is 5.06. The van der Waals surface area contributed by atoms with Gasteiger partial charge in [-0.15, -0.1) is 0 Å². The minimum Gasteiger partial charge on any atom is -0.507 e. The Bertz CT molecular complexity index is 493. The third-order valence-electron chi connectivity index (χ3n) is 3.93. The summed E-state index contributed by atoms with van der Waals surface area (Å²) in [6.07, 6.45) is 2.36. The molecule has 20 heavy (non-hydrogen) atoms. The Morgan fingerprint density at radius 1 is 1.55 bits per heavy atom. The molecule has 1 unspecified atom stereocenters. The van der Waals surface area contributed by atoms with Crippen LogP contribution in [0.4, 0.5) is 0 Å². The van der Waals surface area contributed by atoms with E-state index in [1.54, 1.807) is 17.0 Å². The highest BCUT2D eigenvalue weighted by molar-refractivity contribution is 9.10. The maximum absolute atomic E-state index is 12.4. The molecule has 2 rings (SSSR count). The minimum atomic E-state index is -0.0456. The highest BCUT2D eigenvalue weighted by Gasteiger charge is 2.26. The summed E-state index contributed by atoms with van der Waals surface area (Å²) >= 11 is 3.22. The summed E-state index contributed by atoms with van der Waals surface area (Å²) in [5.41, 5.74) is 0.522. The van der Waals surface area contributed by atoms with E-state index >= 15 is 0 Å². The molecule has 0 radical (unpaired) electrons. The van der Waals surface area contributed by atoms with Crippen LogP contribution in [0.1, 0.15) is 30.1 Å². The summed E-state index contributed by atoms with van der Waals surface area (Å²) in [4.78, 5) is 16.5. The normalized spacial score (nSPS) is 19.2. The number of likely N-dealkylation sites (N-methyl/N-ethyl adjacent to an activating group) is 2. The second-order valence-corrected chi connectivity index (χ2v) is 6.13. The van der Waals surface area contributed by atoms with Crippen molar-refractivity contribution in [1.29, 1.82) is 0 Å². The van der Waals surface area contributed by atoms with Crippen molar-refractivity contribution in [3.05, 3.63) is 28.2 Å². The van der Waals surface area contributed by atoms with Crippen LogP contribution in [0.2, 0.25) is 0 Å². The van der Waals surface area contributed by atoms with E-state index in [4.69, 9.17) is 0 Å². The summed E-state index contributed by atoms with van der Waals surface area (Å²) in [5.74, 6) is 0.0519. The van der Waals surface area contributed by atoms with Crippen LogP contribution in [0.15, 0.2) is 22.7 Å². The van der Waals surface area contributed by atoms with Gasteiger partial charge in [-0.3, -0.25) is 9.69 Å². The Labute approximate surface area is 128 Å². The Morgan fingerprint density at radius 3 is 2.95 bits per heavy atom. The number of amides is 1. The lowest BCUT2D eigenvalue weighted by atomic mass is 10.1. The monoisotopic (exact) mass is 340 g/mol. The highest BCUT2D eigenvalue weighted by Crippen LogP contribution is 2.25. The summed E-state index contributed by atoms with van der Waals surface area (Å²) in [6, 6.07) is 5.40. The van der Waals surface area contributed by atoms with E-state index in [0.717, 1.165) is 26.1 Å². The second-order valence-electron chi connectivity index (χ2n) is 5.28. The van der Waals surface area contributed by atoms with E-state index in [2.05, 4.69) is 27.8 Å². The summed E-state index contributed by atoms with van der Waals surface area (Å²) < 4.78 is 0.602. The molecule has 0 saturated carbocycles. The third-order valence-corrected chi connectivity index (χ3v) is 4.60. The topological polar surface area (TPSA) is 43.8 Å². The number of rotatable bonds is 4. The Hall–Kier alpha value is -1.07. The molecular formula is C15H21BrN2O2. The van der Waals surface area contributed by atoms with E-state index in [1.807, 2.05) is 7.05 Å². The predicted molar refractivity (Wildman–Crippen MR) is 83.0 cm³/mol. The van der Waals surface area contributed by atoms with Gasteiger partial charge in [-0.2, -0.15) is 0 Å². The molecule has 1 fully saturated rings. The molecule has 0 spiro atoms. The fraction of sp³-hybridized carbons (Fsp3) is 0.533. The van der Waals surface area contributed by atoms with Gasteiger partial charge in [0.05, 0.1) is 4.47 Å². The molecule has 1 aromatic rings. The van der Waals surface area contributed by atoms with E-state index in [9.17, 15) is 9.90 Å². The number of hydrogen-bond acceptors (Lipinski definition) is 3. The zero-order valence-electron chi connectivity index (χ0n) is 12.0. The Balaban J connectivity index is 2.03. The van der Waals surface area contributed by atoms with Crippen molar-refractivity contribution < 1.29 is 9.90 Å². The van der Waals surface area contributed by atoms with Crippen LogP contribution in [-0.4, -0.2) is 53.5 Å². The largest absolute Gasteiger partial charge is 0.507 e. The van der Waals surface area contributed by atoms with E-state index < -0.39 is 0 Å². The van der Waals surface area contributed by atoms with Gasteiger partial charge in [0.25, 0.3) is 5.91 Å². The van der Waals surface area contributed by atoms with Crippen molar-refractivity contribution in [2.24, 2.45) is 0 Å². The maximum Gasteiger partial charge on any atom is 0.253 e. The molecule has 110 valence electrons. The predicted octanol–water partition coefficient (Wildman–Crippen LogP) is 2.71. The molecule has 1 amide bonds. The number of phenols is 1. The minimum absolute atomic E-state index is 0.0456. The van der Waals surface area contributed by atoms with Crippen molar-refractivity contribution in [2.45, 2.75) is 25.8 Å².